The minimum absolute atomic E-state index is 0.0878. The van der Waals surface area contributed by atoms with E-state index >= 15 is 0 Å². The molecule has 43 heavy (non-hydrogen) atoms. The SMILES string of the molecule is Cc1cc(C)cc(C(=O)N(NC(=O)c2cccc(O[C@@H]3O[C@H](COC(=O)CC(=O)O)[C@@H](O)[C@H](O)[C@H]3O)c2C)C(C)(C)C)c1. The van der Waals surface area contributed by atoms with Gasteiger partial charge >= 0.3 is 11.9 Å². The summed E-state index contributed by atoms with van der Waals surface area (Å²) in [5.41, 5.74) is 4.56. The number of ether oxygens (including phenoxy) is 3. The van der Waals surface area contributed by atoms with E-state index in [1.807, 2.05) is 19.9 Å². The standard InChI is InChI=1S/C30H38N2O11/c1-15-10-16(2)12-18(11-15)28(40)32(30(4,5)6)31-27(39)19-8-7-9-20(17(19)3)42-29-26(38)25(37)24(36)21(43-29)14-41-23(35)13-22(33)34/h7-12,21,24-26,29,36-38H,13-14H2,1-6H3,(H,31,39)(H,33,34)/t21-,24-,25+,26-,29-/m1/s1. The van der Waals surface area contributed by atoms with E-state index in [0.717, 1.165) is 11.1 Å². The number of hydrogen-bond acceptors (Lipinski definition) is 10. The van der Waals surface area contributed by atoms with Crippen LogP contribution in [-0.2, 0) is 19.1 Å². The Morgan fingerprint density at radius 3 is 2.16 bits per heavy atom. The molecule has 0 aromatic heterocycles. The maximum absolute atomic E-state index is 13.5. The Morgan fingerprint density at radius 1 is 0.953 bits per heavy atom. The van der Waals surface area contributed by atoms with Crippen molar-refractivity contribution in [3.8, 4) is 5.75 Å². The summed E-state index contributed by atoms with van der Waals surface area (Å²) in [5.74, 6) is -3.43. The van der Waals surface area contributed by atoms with Crippen LogP contribution in [0.5, 0.6) is 5.75 Å². The predicted molar refractivity (Wildman–Crippen MR) is 151 cm³/mol. The number of aryl methyl sites for hydroxylation is 2. The van der Waals surface area contributed by atoms with Gasteiger partial charge in [0.2, 0.25) is 6.29 Å². The number of aliphatic hydroxyl groups is 3. The first-order valence-corrected chi connectivity index (χ1v) is 13.6. The van der Waals surface area contributed by atoms with Gasteiger partial charge in [0, 0.05) is 16.7 Å². The first kappa shape index (κ1) is 33.5. The van der Waals surface area contributed by atoms with Crippen LogP contribution in [0.15, 0.2) is 36.4 Å². The highest BCUT2D eigenvalue weighted by atomic mass is 16.7. The number of carbonyl (C=O) groups is 4. The van der Waals surface area contributed by atoms with Crippen molar-refractivity contribution in [2.75, 3.05) is 6.61 Å². The minimum Gasteiger partial charge on any atom is -0.481 e. The molecule has 3 rings (SSSR count). The molecule has 0 bridgehead atoms. The van der Waals surface area contributed by atoms with Crippen LogP contribution in [-0.4, -0.2) is 92.0 Å². The fourth-order valence-electron chi connectivity index (χ4n) is 4.53. The molecular weight excluding hydrogens is 564 g/mol. The number of hydrazine groups is 1. The second kappa shape index (κ2) is 13.5. The average Bonchev–Trinajstić information content (AvgIpc) is 2.90. The van der Waals surface area contributed by atoms with E-state index in [1.54, 1.807) is 39.8 Å². The fraction of sp³-hybridized carbons (Fsp3) is 0.467. The number of benzene rings is 2. The van der Waals surface area contributed by atoms with Gasteiger partial charge in [-0.3, -0.25) is 24.6 Å². The minimum atomic E-state index is -1.76. The van der Waals surface area contributed by atoms with E-state index in [9.17, 15) is 34.5 Å². The summed E-state index contributed by atoms with van der Waals surface area (Å²) in [5, 5.41) is 41.1. The van der Waals surface area contributed by atoms with Gasteiger partial charge in [0.15, 0.2) is 0 Å². The lowest BCUT2D eigenvalue weighted by atomic mass is 9.99. The van der Waals surface area contributed by atoms with Crippen LogP contribution < -0.4 is 10.2 Å². The van der Waals surface area contributed by atoms with Gasteiger partial charge in [-0.1, -0.05) is 23.3 Å². The highest BCUT2D eigenvalue weighted by molar-refractivity contribution is 6.00. The number of carboxylic acids is 1. The molecule has 13 heteroatoms. The van der Waals surface area contributed by atoms with Crippen molar-refractivity contribution in [3.05, 3.63) is 64.2 Å². The van der Waals surface area contributed by atoms with Gasteiger partial charge in [-0.15, -0.1) is 0 Å². The zero-order valence-electron chi connectivity index (χ0n) is 24.9. The number of amides is 2. The Bertz CT molecular complexity index is 1350. The van der Waals surface area contributed by atoms with Crippen LogP contribution >= 0.6 is 0 Å². The molecule has 0 unspecified atom stereocenters. The van der Waals surface area contributed by atoms with Crippen LogP contribution in [0.4, 0.5) is 0 Å². The Morgan fingerprint density at radius 2 is 1.58 bits per heavy atom. The summed E-state index contributed by atoms with van der Waals surface area (Å²) >= 11 is 0. The fourth-order valence-corrected chi connectivity index (χ4v) is 4.53. The van der Waals surface area contributed by atoms with Crippen LogP contribution in [0.3, 0.4) is 0 Å². The highest BCUT2D eigenvalue weighted by Gasteiger charge is 2.45. The monoisotopic (exact) mass is 602 g/mol. The third kappa shape index (κ3) is 8.29. The molecule has 0 spiro atoms. The van der Waals surface area contributed by atoms with Gasteiger partial charge in [0.25, 0.3) is 11.8 Å². The molecule has 2 aromatic carbocycles. The maximum Gasteiger partial charge on any atom is 0.317 e. The second-order valence-electron chi connectivity index (χ2n) is 11.4. The largest absolute Gasteiger partial charge is 0.481 e. The van der Waals surface area contributed by atoms with Crippen molar-refractivity contribution >= 4 is 23.8 Å². The van der Waals surface area contributed by atoms with Crippen molar-refractivity contribution in [2.45, 2.75) is 84.2 Å². The molecule has 5 N–H and O–H groups in total. The molecule has 5 atom stereocenters. The summed E-state index contributed by atoms with van der Waals surface area (Å²) in [7, 11) is 0. The van der Waals surface area contributed by atoms with Crippen molar-refractivity contribution in [1.29, 1.82) is 0 Å². The van der Waals surface area contributed by atoms with Gasteiger partial charge in [-0.25, -0.2) is 5.01 Å². The van der Waals surface area contributed by atoms with Gasteiger partial charge in [0.05, 0.1) is 5.54 Å². The van der Waals surface area contributed by atoms with Crippen LogP contribution in [0.1, 0.15) is 64.6 Å². The maximum atomic E-state index is 13.5. The summed E-state index contributed by atoms with van der Waals surface area (Å²) in [6, 6.07) is 9.93. The van der Waals surface area contributed by atoms with E-state index in [-0.39, 0.29) is 11.3 Å². The topological polar surface area (TPSA) is 192 Å². The number of aliphatic hydroxyl groups excluding tert-OH is 3. The lowest BCUT2D eigenvalue weighted by Gasteiger charge is -2.40. The highest BCUT2D eigenvalue weighted by Crippen LogP contribution is 2.28. The predicted octanol–water partition coefficient (Wildman–Crippen LogP) is 1.40. The molecule has 0 aliphatic carbocycles. The molecule has 1 aliphatic rings. The Hall–Kier alpha value is -4.04. The molecule has 1 aliphatic heterocycles. The number of esters is 1. The van der Waals surface area contributed by atoms with Crippen LogP contribution in [0.25, 0.3) is 0 Å². The number of aliphatic carboxylic acids is 1. The first-order chi connectivity index (χ1) is 20.0. The van der Waals surface area contributed by atoms with Gasteiger partial charge in [0.1, 0.15) is 43.2 Å². The summed E-state index contributed by atoms with van der Waals surface area (Å²) in [6.07, 6.45) is -9.00. The van der Waals surface area contributed by atoms with Gasteiger partial charge in [-0.05, 0) is 65.8 Å². The van der Waals surface area contributed by atoms with Crippen molar-refractivity contribution < 1.29 is 53.8 Å². The number of nitrogens with zero attached hydrogens (tertiary/aromatic N) is 1. The first-order valence-electron chi connectivity index (χ1n) is 13.6. The van der Waals surface area contributed by atoms with Gasteiger partial charge < -0.3 is 34.6 Å². The molecule has 1 fully saturated rings. The third-order valence-corrected chi connectivity index (χ3v) is 6.70. The third-order valence-electron chi connectivity index (χ3n) is 6.70. The quantitative estimate of drug-likeness (QED) is 0.167. The lowest BCUT2D eigenvalue weighted by molar-refractivity contribution is -0.278. The molecule has 0 saturated carbocycles. The Labute approximate surface area is 248 Å². The number of nitrogens with one attached hydrogen (secondary N) is 1. The smallest absolute Gasteiger partial charge is 0.317 e. The molecule has 0 radical (unpaired) electrons. The van der Waals surface area contributed by atoms with Crippen molar-refractivity contribution in [1.82, 2.24) is 10.4 Å². The normalized spacial score (nSPS) is 21.9. The Balaban J connectivity index is 1.80. The second-order valence-corrected chi connectivity index (χ2v) is 11.4. The Kier molecular flexibility index (Phi) is 10.5. The molecular formula is C30H38N2O11. The van der Waals surface area contributed by atoms with E-state index in [4.69, 9.17) is 19.3 Å². The number of carboxylic acid groups (broad SMARTS) is 1. The zero-order valence-corrected chi connectivity index (χ0v) is 24.9. The molecule has 1 saturated heterocycles. The van der Waals surface area contributed by atoms with E-state index < -0.39 is 73.0 Å². The molecule has 234 valence electrons. The number of carbonyl (C=O) groups excluding carboxylic acids is 3. The summed E-state index contributed by atoms with van der Waals surface area (Å²) in [6.45, 7) is 10.0. The molecule has 13 nitrogen and oxygen atoms in total. The number of rotatable bonds is 8. The average molecular weight is 603 g/mol. The molecule has 1 heterocycles. The van der Waals surface area contributed by atoms with E-state index in [2.05, 4.69) is 5.43 Å². The van der Waals surface area contributed by atoms with Crippen LogP contribution in [0, 0.1) is 20.8 Å². The van der Waals surface area contributed by atoms with Crippen molar-refractivity contribution in [2.24, 2.45) is 0 Å². The summed E-state index contributed by atoms with van der Waals surface area (Å²) < 4.78 is 16.1. The van der Waals surface area contributed by atoms with E-state index in [1.165, 1.54) is 23.2 Å². The molecule has 2 amide bonds. The van der Waals surface area contributed by atoms with Crippen molar-refractivity contribution in [3.63, 3.8) is 0 Å². The zero-order chi connectivity index (χ0) is 32.2. The number of hydrogen-bond donors (Lipinski definition) is 5. The van der Waals surface area contributed by atoms with Crippen LogP contribution in [0.2, 0.25) is 0 Å². The molecule has 2 aromatic rings. The van der Waals surface area contributed by atoms with Gasteiger partial charge in [-0.2, -0.15) is 0 Å². The lowest BCUT2D eigenvalue weighted by Crippen LogP contribution is -2.60. The van der Waals surface area contributed by atoms with E-state index in [0.29, 0.717) is 11.1 Å². The summed E-state index contributed by atoms with van der Waals surface area (Å²) in [4.78, 5) is 49.3.